The maximum atomic E-state index is 12.4. The smallest absolute Gasteiger partial charge is 0.343 e. The Morgan fingerprint density at radius 3 is 2.18 bits per heavy atom. The lowest BCUT2D eigenvalue weighted by Crippen LogP contribution is -2.09. The Morgan fingerprint density at radius 2 is 1.50 bits per heavy atom. The molecule has 140 valence electrons. The number of ketones is 1. The number of methoxy groups -OCH3 is 1. The summed E-state index contributed by atoms with van der Waals surface area (Å²) in [6.45, 7) is 0. The Kier molecular flexibility index (Phi) is 6.25. The topological polar surface area (TPSA) is 52.6 Å². The summed E-state index contributed by atoms with van der Waals surface area (Å²) in [6.07, 6.45) is 3.05. The van der Waals surface area contributed by atoms with Crippen LogP contribution in [0.25, 0.3) is 6.08 Å². The number of hydrogen-bond acceptors (Lipinski definition) is 4. The molecule has 0 unspecified atom stereocenters. The fourth-order valence-corrected chi connectivity index (χ4v) is 2.60. The van der Waals surface area contributed by atoms with Gasteiger partial charge in [0.2, 0.25) is 0 Å². The van der Waals surface area contributed by atoms with Gasteiger partial charge in [-0.1, -0.05) is 29.8 Å². The number of halogens is 1. The molecule has 0 saturated carbocycles. The number of rotatable bonds is 6. The summed E-state index contributed by atoms with van der Waals surface area (Å²) >= 11 is 5.84. The predicted octanol–water partition coefficient (Wildman–Crippen LogP) is 5.46. The minimum Gasteiger partial charge on any atom is -0.497 e. The lowest BCUT2D eigenvalue weighted by Gasteiger charge is -2.08. The molecule has 3 aromatic rings. The van der Waals surface area contributed by atoms with Gasteiger partial charge >= 0.3 is 5.97 Å². The zero-order valence-electron chi connectivity index (χ0n) is 15.1. The van der Waals surface area contributed by atoms with Crippen molar-refractivity contribution in [3.63, 3.8) is 0 Å². The van der Waals surface area contributed by atoms with E-state index in [1.54, 1.807) is 86.0 Å². The summed E-state index contributed by atoms with van der Waals surface area (Å²) in [5, 5.41) is 0.566. The highest BCUT2D eigenvalue weighted by Crippen LogP contribution is 2.22. The molecule has 4 nitrogen and oxygen atoms in total. The van der Waals surface area contributed by atoms with Crippen LogP contribution in [-0.4, -0.2) is 18.9 Å². The Balaban J connectivity index is 1.75. The van der Waals surface area contributed by atoms with Crippen LogP contribution in [0.5, 0.6) is 11.5 Å². The van der Waals surface area contributed by atoms with Gasteiger partial charge in [-0.3, -0.25) is 4.79 Å². The fraction of sp³-hybridized carbons (Fsp3) is 0.0435. The van der Waals surface area contributed by atoms with Gasteiger partial charge in [-0.2, -0.15) is 0 Å². The molecule has 3 aromatic carbocycles. The largest absolute Gasteiger partial charge is 0.497 e. The van der Waals surface area contributed by atoms with E-state index in [1.165, 1.54) is 6.08 Å². The fourth-order valence-electron chi connectivity index (χ4n) is 2.47. The lowest BCUT2D eigenvalue weighted by atomic mass is 10.1. The first-order valence-electron chi connectivity index (χ1n) is 8.50. The van der Waals surface area contributed by atoms with E-state index in [0.717, 1.165) is 0 Å². The van der Waals surface area contributed by atoms with Crippen LogP contribution >= 0.6 is 11.6 Å². The van der Waals surface area contributed by atoms with Crippen molar-refractivity contribution in [1.29, 1.82) is 0 Å². The lowest BCUT2D eigenvalue weighted by molar-refractivity contribution is 0.0734. The van der Waals surface area contributed by atoms with Crippen LogP contribution < -0.4 is 9.47 Å². The highest BCUT2D eigenvalue weighted by Gasteiger charge is 2.11. The second-order valence-electron chi connectivity index (χ2n) is 5.86. The van der Waals surface area contributed by atoms with Gasteiger partial charge in [0.15, 0.2) is 5.78 Å². The molecule has 0 spiro atoms. The number of benzene rings is 3. The highest BCUT2D eigenvalue weighted by molar-refractivity contribution is 6.30. The van der Waals surface area contributed by atoms with E-state index in [0.29, 0.717) is 33.2 Å². The molecule has 0 aliphatic heterocycles. The molecule has 0 fully saturated rings. The molecule has 0 amide bonds. The summed E-state index contributed by atoms with van der Waals surface area (Å²) < 4.78 is 10.6. The second kappa shape index (κ2) is 9.02. The number of carbonyl (C=O) groups excluding carboxylic acids is 2. The van der Waals surface area contributed by atoms with Gasteiger partial charge in [0.1, 0.15) is 11.5 Å². The molecule has 0 aromatic heterocycles. The van der Waals surface area contributed by atoms with Crippen LogP contribution in [-0.2, 0) is 0 Å². The number of hydrogen-bond donors (Lipinski definition) is 0. The van der Waals surface area contributed by atoms with E-state index in [2.05, 4.69) is 0 Å². The maximum absolute atomic E-state index is 12.4. The van der Waals surface area contributed by atoms with Crippen LogP contribution in [0.15, 0.2) is 78.9 Å². The van der Waals surface area contributed by atoms with E-state index in [4.69, 9.17) is 21.1 Å². The predicted molar refractivity (Wildman–Crippen MR) is 109 cm³/mol. The van der Waals surface area contributed by atoms with Gasteiger partial charge in [0.05, 0.1) is 12.7 Å². The van der Waals surface area contributed by atoms with Gasteiger partial charge in [-0.05, 0) is 66.7 Å². The van der Waals surface area contributed by atoms with Crippen LogP contribution in [0.4, 0.5) is 0 Å². The van der Waals surface area contributed by atoms with E-state index in [-0.39, 0.29) is 5.78 Å². The molecule has 0 N–H and O–H groups in total. The number of carbonyl (C=O) groups is 2. The maximum Gasteiger partial charge on any atom is 0.343 e. The summed E-state index contributed by atoms with van der Waals surface area (Å²) in [6, 6.07) is 20.3. The van der Waals surface area contributed by atoms with Crippen molar-refractivity contribution in [2.75, 3.05) is 7.11 Å². The molecule has 0 heterocycles. The number of allylic oxidation sites excluding steroid dienone is 1. The number of esters is 1. The second-order valence-corrected chi connectivity index (χ2v) is 6.30. The van der Waals surface area contributed by atoms with Gasteiger partial charge in [-0.15, -0.1) is 0 Å². The molecule has 0 bridgehead atoms. The summed E-state index contributed by atoms with van der Waals surface area (Å²) in [7, 11) is 1.56. The van der Waals surface area contributed by atoms with Crippen LogP contribution in [0.2, 0.25) is 5.02 Å². The third-order valence-electron chi connectivity index (χ3n) is 3.99. The normalized spacial score (nSPS) is 10.6. The Labute approximate surface area is 168 Å². The summed E-state index contributed by atoms with van der Waals surface area (Å²) in [5.74, 6) is 0.351. The van der Waals surface area contributed by atoms with Crippen molar-refractivity contribution in [2.45, 2.75) is 0 Å². The first kappa shape index (κ1) is 19.4. The highest BCUT2D eigenvalue weighted by atomic mass is 35.5. The van der Waals surface area contributed by atoms with Gasteiger partial charge in [0.25, 0.3) is 0 Å². The first-order chi connectivity index (χ1) is 13.6. The van der Waals surface area contributed by atoms with E-state index < -0.39 is 5.97 Å². The minimum absolute atomic E-state index is 0.173. The van der Waals surface area contributed by atoms with Crippen molar-refractivity contribution in [3.8, 4) is 11.5 Å². The first-order valence-corrected chi connectivity index (χ1v) is 8.88. The Hall–Kier alpha value is -3.37. The third-order valence-corrected chi connectivity index (χ3v) is 4.24. The van der Waals surface area contributed by atoms with E-state index in [9.17, 15) is 9.59 Å². The molecule has 0 saturated heterocycles. The van der Waals surface area contributed by atoms with Crippen molar-refractivity contribution >= 4 is 29.4 Å². The SMILES string of the molecule is COc1ccc(C(=O)Oc2ccccc2C=CC(=O)c2ccc(Cl)cc2)cc1. The molecule has 28 heavy (non-hydrogen) atoms. The molecule has 0 radical (unpaired) electrons. The third kappa shape index (κ3) is 4.87. The Bertz CT molecular complexity index is 1010. The number of ether oxygens (including phenoxy) is 2. The van der Waals surface area contributed by atoms with Gasteiger partial charge in [0, 0.05) is 16.1 Å². The average Bonchev–Trinajstić information content (AvgIpc) is 2.73. The van der Waals surface area contributed by atoms with Crippen LogP contribution in [0.3, 0.4) is 0 Å². The van der Waals surface area contributed by atoms with Crippen molar-refractivity contribution < 1.29 is 19.1 Å². The standard InChI is InChI=1S/C23H17ClO4/c1-27-20-13-8-18(9-14-20)23(26)28-22-5-3-2-4-17(22)10-15-21(25)16-6-11-19(24)12-7-16/h2-15H,1H3. The average molecular weight is 393 g/mol. The summed E-state index contributed by atoms with van der Waals surface area (Å²) in [4.78, 5) is 24.7. The van der Waals surface area contributed by atoms with Gasteiger partial charge < -0.3 is 9.47 Å². The monoisotopic (exact) mass is 392 g/mol. The zero-order valence-corrected chi connectivity index (χ0v) is 15.8. The van der Waals surface area contributed by atoms with Crippen LogP contribution in [0.1, 0.15) is 26.3 Å². The zero-order chi connectivity index (χ0) is 19.9. The molecular weight excluding hydrogens is 376 g/mol. The van der Waals surface area contributed by atoms with Crippen molar-refractivity contribution in [2.24, 2.45) is 0 Å². The molecule has 3 rings (SSSR count). The van der Waals surface area contributed by atoms with Crippen LogP contribution in [0, 0.1) is 0 Å². The summed E-state index contributed by atoms with van der Waals surface area (Å²) in [5.41, 5.74) is 1.54. The molecule has 0 atom stereocenters. The quantitative estimate of drug-likeness (QED) is 0.242. The number of para-hydroxylation sites is 1. The van der Waals surface area contributed by atoms with E-state index in [1.807, 2.05) is 0 Å². The molecule has 0 aliphatic rings. The van der Waals surface area contributed by atoms with Crippen molar-refractivity contribution in [1.82, 2.24) is 0 Å². The van der Waals surface area contributed by atoms with Gasteiger partial charge in [-0.25, -0.2) is 4.79 Å². The minimum atomic E-state index is -0.493. The van der Waals surface area contributed by atoms with Crippen molar-refractivity contribution in [3.05, 3.63) is 101 Å². The van der Waals surface area contributed by atoms with E-state index >= 15 is 0 Å². The molecule has 0 aliphatic carbocycles. The molecular formula is C23H17ClO4. The Morgan fingerprint density at radius 1 is 0.857 bits per heavy atom. The molecule has 5 heteroatoms.